The molecule has 1 heterocycles. The van der Waals surface area contributed by atoms with Gasteiger partial charge in [-0.25, -0.2) is 4.79 Å². The van der Waals surface area contributed by atoms with Crippen LogP contribution in [0.15, 0.2) is 46.1 Å². The van der Waals surface area contributed by atoms with Gasteiger partial charge in [0.1, 0.15) is 12.3 Å². The number of carbonyl (C=O) groups is 1. The lowest BCUT2D eigenvalue weighted by molar-refractivity contribution is -0.121. The average molecular weight is 331 g/mol. The van der Waals surface area contributed by atoms with Gasteiger partial charge in [-0.1, -0.05) is 17.7 Å². The van der Waals surface area contributed by atoms with Crippen LogP contribution in [0.25, 0.3) is 0 Å². The summed E-state index contributed by atoms with van der Waals surface area (Å²) in [7, 11) is 0. The molecule has 0 radical (unpaired) electrons. The lowest BCUT2D eigenvalue weighted by Gasteiger charge is -2.08. The van der Waals surface area contributed by atoms with Gasteiger partial charge in [-0.15, -0.1) is 0 Å². The first kappa shape index (κ1) is 17.5. The van der Waals surface area contributed by atoms with Crippen LogP contribution < -0.4 is 21.3 Å². The molecule has 0 saturated heterocycles. The van der Waals surface area contributed by atoms with Gasteiger partial charge in [0, 0.05) is 18.8 Å². The molecule has 0 unspecified atom stereocenters. The number of aryl methyl sites for hydroxylation is 1. The van der Waals surface area contributed by atoms with Gasteiger partial charge in [0.25, 0.3) is 5.56 Å². The second-order valence-corrected chi connectivity index (χ2v) is 5.46. The maximum absolute atomic E-state index is 11.7. The quantitative estimate of drug-likeness (QED) is 0.700. The lowest BCUT2D eigenvalue weighted by atomic mass is 10.2. The van der Waals surface area contributed by atoms with Crippen LogP contribution in [0.5, 0.6) is 5.75 Å². The summed E-state index contributed by atoms with van der Waals surface area (Å²) in [6.07, 6.45) is 2.89. The van der Waals surface area contributed by atoms with E-state index in [4.69, 9.17) is 4.74 Å². The van der Waals surface area contributed by atoms with Gasteiger partial charge in [-0.3, -0.25) is 19.1 Å². The molecule has 0 fully saturated rings. The molecule has 0 atom stereocenters. The number of carbonyl (C=O) groups excluding carboxylic acids is 1. The van der Waals surface area contributed by atoms with Crippen LogP contribution in [0.1, 0.15) is 18.4 Å². The first-order chi connectivity index (χ1) is 11.5. The SMILES string of the molecule is Cc1ccc(OCCCCNC(=O)Cn2ccc(=O)[nH]c2=O)cc1. The summed E-state index contributed by atoms with van der Waals surface area (Å²) < 4.78 is 6.75. The van der Waals surface area contributed by atoms with Gasteiger partial charge in [0.05, 0.1) is 6.61 Å². The van der Waals surface area contributed by atoms with Crippen LogP contribution in [0, 0.1) is 6.92 Å². The molecule has 1 aromatic carbocycles. The maximum Gasteiger partial charge on any atom is 0.328 e. The smallest absolute Gasteiger partial charge is 0.328 e. The molecule has 0 aliphatic rings. The highest BCUT2D eigenvalue weighted by molar-refractivity contribution is 5.75. The number of H-pyrrole nitrogens is 1. The zero-order valence-corrected chi connectivity index (χ0v) is 13.6. The standard InChI is InChI=1S/C17H21N3O4/c1-13-4-6-14(7-5-13)24-11-3-2-9-18-16(22)12-20-10-8-15(21)19-17(20)23/h4-8,10H,2-3,9,11-12H2,1H3,(H,18,22)(H,19,21,23). The summed E-state index contributed by atoms with van der Waals surface area (Å²) in [4.78, 5) is 36.2. The second kappa shape index (κ2) is 8.71. The monoisotopic (exact) mass is 331 g/mol. The van der Waals surface area contributed by atoms with E-state index in [0.717, 1.165) is 23.2 Å². The Labute approximate surface area is 139 Å². The largest absolute Gasteiger partial charge is 0.494 e. The number of ether oxygens (including phenoxy) is 1. The molecular formula is C17H21N3O4. The second-order valence-electron chi connectivity index (χ2n) is 5.46. The highest BCUT2D eigenvalue weighted by Gasteiger charge is 2.04. The van der Waals surface area contributed by atoms with Crippen molar-refractivity contribution in [2.45, 2.75) is 26.3 Å². The van der Waals surface area contributed by atoms with Crippen molar-refractivity contribution >= 4 is 5.91 Å². The Hall–Kier alpha value is -2.83. The van der Waals surface area contributed by atoms with Gasteiger partial charge in [0.15, 0.2) is 0 Å². The molecule has 7 nitrogen and oxygen atoms in total. The van der Waals surface area contributed by atoms with E-state index >= 15 is 0 Å². The molecule has 2 rings (SSSR count). The van der Waals surface area contributed by atoms with Crippen molar-refractivity contribution in [2.24, 2.45) is 0 Å². The van der Waals surface area contributed by atoms with Crippen LogP contribution in [-0.2, 0) is 11.3 Å². The summed E-state index contributed by atoms with van der Waals surface area (Å²) in [5, 5.41) is 2.73. The van der Waals surface area contributed by atoms with E-state index in [1.165, 1.54) is 17.8 Å². The van der Waals surface area contributed by atoms with Gasteiger partial charge >= 0.3 is 5.69 Å². The summed E-state index contributed by atoms with van der Waals surface area (Å²) in [5.41, 5.74) is 0.112. The van der Waals surface area contributed by atoms with Crippen molar-refractivity contribution in [1.29, 1.82) is 0 Å². The minimum atomic E-state index is -0.593. The number of benzene rings is 1. The molecule has 0 bridgehead atoms. The predicted octanol–water partition coefficient (Wildman–Crippen LogP) is 0.820. The van der Waals surface area contributed by atoms with Crippen LogP contribution in [0.3, 0.4) is 0 Å². The average Bonchev–Trinajstić information content (AvgIpc) is 2.55. The number of aromatic nitrogens is 2. The fourth-order valence-electron chi connectivity index (χ4n) is 2.06. The fraction of sp³-hybridized carbons (Fsp3) is 0.353. The zero-order chi connectivity index (χ0) is 17.4. The fourth-order valence-corrected chi connectivity index (χ4v) is 2.06. The molecule has 7 heteroatoms. The molecule has 1 aromatic heterocycles. The topological polar surface area (TPSA) is 93.2 Å². The van der Waals surface area contributed by atoms with Gasteiger partial charge < -0.3 is 10.1 Å². The van der Waals surface area contributed by atoms with Gasteiger partial charge in [0.2, 0.25) is 5.91 Å². The zero-order valence-electron chi connectivity index (χ0n) is 13.6. The number of aromatic amines is 1. The Bertz CT molecular complexity index is 777. The van der Waals surface area contributed by atoms with E-state index < -0.39 is 11.2 Å². The van der Waals surface area contributed by atoms with Crippen molar-refractivity contribution in [3.8, 4) is 5.75 Å². The van der Waals surface area contributed by atoms with Crippen molar-refractivity contribution in [1.82, 2.24) is 14.9 Å². The minimum absolute atomic E-state index is 0.116. The normalized spacial score (nSPS) is 10.4. The third-order valence-electron chi connectivity index (χ3n) is 3.39. The van der Waals surface area contributed by atoms with Crippen LogP contribution in [0.4, 0.5) is 0 Å². The summed E-state index contributed by atoms with van der Waals surface area (Å²) >= 11 is 0. The predicted molar refractivity (Wildman–Crippen MR) is 90.2 cm³/mol. The molecule has 0 aliphatic carbocycles. The summed E-state index contributed by atoms with van der Waals surface area (Å²) in [6, 6.07) is 9.05. The van der Waals surface area contributed by atoms with E-state index in [-0.39, 0.29) is 12.5 Å². The Kier molecular flexibility index (Phi) is 6.36. The Morgan fingerprint density at radius 3 is 2.62 bits per heavy atom. The Morgan fingerprint density at radius 1 is 1.17 bits per heavy atom. The van der Waals surface area contributed by atoms with Crippen molar-refractivity contribution in [2.75, 3.05) is 13.2 Å². The number of rotatable bonds is 8. The molecule has 0 aliphatic heterocycles. The number of unbranched alkanes of at least 4 members (excludes halogenated alkanes) is 1. The van der Waals surface area contributed by atoms with Crippen molar-refractivity contribution in [3.05, 3.63) is 62.9 Å². The van der Waals surface area contributed by atoms with E-state index in [2.05, 4.69) is 10.3 Å². The first-order valence-electron chi connectivity index (χ1n) is 7.80. The van der Waals surface area contributed by atoms with Crippen LogP contribution >= 0.6 is 0 Å². The van der Waals surface area contributed by atoms with Gasteiger partial charge in [-0.2, -0.15) is 0 Å². The van der Waals surface area contributed by atoms with Gasteiger partial charge in [-0.05, 0) is 31.9 Å². The molecule has 2 N–H and O–H groups in total. The van der Waals surface area contributed by atoms with E-state index in [0.29, 0.717) is 13.2 Å². The van der Waals surface area contributed by atoms with E-state index in [1.54, 1.807) is 0 Å². The summed E-state index contributed by atoms with van der Waals surface area (Å²) in [6.45, 7) is 3.00. The van der Waals surface area contributed by atoms with Crippen molar-refractivity contribution < 1.29 is 9.53 Å². The highest BCUT2D eigenvalue weighted by Crippen LogP contribution is 2.11. The molecule has 0 spiro atoms. The van der Waals surface area contributed by atoms with Crippen molar-refractivity contribution in [3.63, 3.8) is 0 Å². The molecule has 128 valence electrons. The molecule has 1 amide bonds. The number of nitrogens with one attached hydrogen (secondary N) is 2. The molecule has 2 aromatic rings. The third-order valence-corrected chi connectivity index (χ3v) is 3.39. The third kappa shape index (κ3) is 5.75. The van der Waals surface area contributed by atoms with Crippen LogP contribution in [0.2, 0.25) is 0 Å². The lowest BCUT2D eigenvalue weighted by Crippen LogP contribution is -2.35. The number of nitrogens with zero attached hydrogens (tertiary/aromatic N) is 1. The number of amides is 1. The molecular weight excluding hydrogens is 310 g/mol. The Balaban J connectivity index is 1.61. The Morgan fingerprint density at radius 2 is 1.92 bits per heavy atom. The maximum atomic E-state index is 11.7. The molecule has 0 saturated carbocycles. The van der Waals surface area contributed by atoms with E-state index in [9.17, 15) is 14.4 Å². The molecule has 24 heavy (non-hydrogen) atoms. The first-order valence-corrected chi connectivity index (χ1v) is 7.80. The van der Waals surface area contributed by atoms with E-state index in [1.807, 2.05) is 31.2 Å². The number of hydrogen-bond donors (Lipinski definition) is 2. The minimum Gasteiger partial charge on any atom is -0.494 e. The summed E-state index contributed by atoms with van der Waals surface area (Å²) in [5.74, 6) is 0.561. The van der Waals surface area contributed by atoms with Crippen LogP contribution in [-0.4, -0.2) is 28.6 Å². The highest BCUT2D eigenvalue weighted by atomic mass is 16.5. The number of hydrogen-bond acceptors (Lipinski definition) is 4.